The van der Waals surface area contributed by atoms with E-state index in [1.54, 1.807) is 13.0 Å². The van der Waals surface area contributed by atoms with E-state index in [9.17, 15) is 14.4 Å². The number of nitrogens with one attached hydrogen (secondary N) is 1. The minimum Gasteiger partial charge on any atom is -0.463 e. The van der Waals surface area contributed by atoms with Crippen molar-refractivity contribution in [3.05, 3.63) is 56.9 Å². The number of aromatic amines is 1. The SMILES string of the molecule is C=O.C=O.C=O.CCOC(=O)C=CC1=CC(n2ccc(=O)[nH]c2=O)CC1CO[Si](C)(C)C(C)(C)C(C)C.[Fe]. The summed E-state index contributed by atoms with van der Waals surface area (Å²) in [6, 6.07) is 1.12. The number of hydrogen-bond acceptors (Lipinski definition) is 8. The molecule has 1 aromatic heterocycles. The Morgan fingerprint density at radius 3 is 2.21 bits per heavy atom. The summed E-state index contributed by atoms with van der Waals surface area (Å²) in [5.41, 5.74) is 0.0669. The largest absolute Gasteiger partial charge is 0.463 e. The fraction of sp³-hybridized carbons (Fsp3) is 0.538. The van der Waals surface area contributed by atoms with Gasteiger partial charge in [-0.2, -0.15) is 0 Å². The minimum atomic E-state index is -2.03. The van der Waals surface area contributed by atoms with Gasteiger partial charge in [-0.3, -0.25) is 14.3 Å². The van der Waals surface area contributed by atoms with Gasteiger partial charge in [0.25, 0.3) is 5.56 Å². The van der Waals surface area contributed by atoms with E-state index in [-0.39, 0.29) is 34.1 Å². The minimum absolute atomic E-state index is 0. The number of ether oxygens (including phenoxy) is 1. The van der Waals surface area contributed by atoms with Crippen LogP contribution in [0.1, 0.15) is 47.1 Å². The van der Waals surface area contributed by atoms with Crippen LogP contribution in [0.3, 0.4) is 0 Å². The van der Waals surface area contributed by atoms with E-state index < -0.39 is 25.5 Å². The van der Waals surface area contributed by atoms with Crippen LogP contribution in [0.4, 0.5) is 0 Å². The second kappa shape index (κ2) is 19.4. The molecule has 0 bridgehead atoms. The predicted octanol–water partition coefficient (Wildman–Crippen LogP) is 3.24. The van der Waals surface area contributed by atoms with Crippen molar-refractivity contribution in [2.45, 2.75) is 65.2 Å². The predicted molar refractivity (Wildman–Crippen MR) is 146 cm³/mol. The Kier molecular flexibility index (Phi) is 20.4. The molecule has 2 unspecified atom stereocenters. The summed E-state index contributed by atoms with van der Waals surface area (Å²) >= 11 is 0. The van der Waals surface area contributed by atoms with Crippen LogP contribution in [0.15, 0.2) is 45.7 Å². The maximum absolute atomic E-state index is 12.3. The van der Waals surface area contributed by atoms with E-state index >= 15 is 0 Å². The zero-order valence-electron chi connectivity index (χ0n) is 23.4. The number of carbonyl (C=O) groups excluding carboxylic acids is 4. The van der Waals surface area contributed by atoms with Gasteiger partial charge in [0.2, 0.25) is 0 Å². The second-order valence-corrected chi connectivity index (χ2v) is 14.1. The van der Waals surface area contributed by atoms with Gasteiger partial charge in [-0.25, -0.2) is 9.59 Å². The monoisotopic (exact) mass is 594 g/mol. The number of nitrogens with zero attached hydrogens (tertiary/aromatic N) is 1. The zero-order chi connectivity index (χ0) is 29.4. The average molecular weight is 595 g/mol. The summed E-state index contributed by atoms with van der Waals surface area (Å²) in [6.45, 7) is 22.0. The number of H-pyrrole nitrogens is 1. The molecule has 0 radical (unpaired) electrons. The number of rotatable bonds is 9. The molecule has 216 valence electrons. The first kappa shape index (κ1) is 39.8. The first-order chi connectivity index (χ1) is 17.4. The Morgan fingerprint density at radius 1 is 1.18 bits per heavy atom. The van der Waals surface area contributed by atoms with Crippen molar-refractivity contribution in [3.63, 3.8) is 0 Å². The van der Waals surface area contributed by atoms with Gasteiger partial charge in [0.05, 0.1) is 12.6 Å². The molecule has 12 heteroatoms. The Balaban J connectivity index is -0.00000163. The maximum Gasteiger partial charge on any atom is 0.330 e. The first-order valence-corrected chi connectivity index (χ1v) is 14.7. The molecule has 38 heavy (non-hydrogen) atoms. The van der Waals surface area contributed by atoms with Gasteiger partial charge in [0, 0.05) is 47.9 Å². The smallest absolute Gasteiger partial charge is 0.330 e. The number of carbonyl (C=O) groups is 4. The summed E-state index contributed by atoms with van der Waals surface area (Å²) < 4.78 is 13.1. The normalized spacial score (nSPS) is 16.5. The molecule has 0 spiro atoms. The van der Waals surface area contributed by atoms with Crippen LogP contribution in [0.25, 0.3) is 0 Å². The summed E-state index contributed by atoms with van der Waals surface area (Å²) in [5.74, 6) is 0.122. The van der Waals surface area contributed by atoms with Crippen LogP contribution in [-0.2, 0) is 45.4 Å². The van der Waals surface area contributed by atoms with Gasteiger partial charge in [0.1, 0.15) is 20.4 Å². The second-order valence-electron chi connectivity index (χ2n) is 9.47. The molecule has 1 aromatic rings. The van der Waals surface area contributed by atoms with Gasteiger partial charge >= 0.3 is 11.7 Å². The maximum atomic E-state index is 12.3. The van der Waals surface area contributed by atoms with Gasteiger partial charge < -0.3 is 23.5 Å². The van der Waals surface area contributed by atoms with Crippen LogP contribution in [0.5, 0.6) is 0 Å². The van der Waals surface area contributed by atoms with E-state index in [0.717, 1.165) is 5.57 Å². The summed E-state index contributed by atoms with van der Waals surface area (Å²) in [5, 5.41) is 0.0888. The Hall–Kier alpha value is -2.66. The third-order valence-corrected chi connectivity index (χ3v) is 11.5. The molecule has 10 nitrogen and oxygen atoms in total. The van der Waals surface area contributed by atoms with Crippen molar-refractivity contribution < 1.29 is 45.4 Å². The molecule has 0 fully saturated rings. The van der Waals surface area contributed by atoms with Crippen molar-refractivity contribution in [1.29, 1.82) is 0 Å². The van der Waals surface area contributed by atoms with E-state index in [0.29, 0.717) is 25.6 Å². The molecule has 0 saturated heterocycles. The van der Waals surface area contributed by atoms with Gasteiger partial charge in [-0.05, 0) is 43.0 Å². The van der Waals surface area contributed by atoms with Crippen molar-refractivity contribution in [2.24, 2.45) is 11.8 Å². The fourth-order valence-electron chi connectivity index (χ4n) is 3.64. The van der Waals surface area contributed by atoms with Gasteiger partial charge in [-0.1, -0.05) is 39.8 Å². The van der Waals surface area contributed by atoms with E-state index in [2.05, 4.69) is 45.8 Å². The third-order valence-electron chi connectivity index (χ3n) is 6.93. The van der Waals surface area contributed by atoms with Crippen LogP contribution in [0, 0.1) is 11.8 Å². The van der Waals surface area contributed by atoms with Crippen LogP contribution in [0.2, 0.25) is 18.1 Å². The summed E-state index contributed by atoms with van der Waals surface area (Å²) in [7, 11) is -2.03. The van der Waals surface area contributed by atoms with Gasteiger partial charge in [-0.15, -0.1) is 0 Å². The molecular formula is C26H42FeN2O8Si. The Morgan fingerprint density at radius 2 is 1.74 bits per heavy atom. The van der Waals surface area contributed by atoms with Crippen molar-refractivity contribution >= 4 is 34.7 Å². The Labute approximate surface area is 236 Å². The summed E-state index contributed by atoms with van der Waals surface area (Å²) in [4.78, 5) is 61.8. The summed E-state index contributed by atoms with van der Waals surface area (Å²) in [6.07, 6.45) is 7.30. The average Bonchev–Trinajstić information content (AvgIpc) is 3.28. The number of aromatic nitrogens is 2. The molecule has 1 heterocycles. The molecule has 0 aromatic carbocycles. The number of esters is 1. The molecule has 0 amide bonds. The van der Waals surface area contributed by atoms with Crippen molar-refractivity contribution in [1.82, 2.24) is 9.55 Å². The molecule has 0 saturated carbocycles. The standard InChI is InChI=1S/C23H36N2O5Si.3CH2O.Fe/c1-8-29-21(27)10-9-17-13-19(25-12-11-20(26)24-22(25)28)14-18(17)15-30-31(6,7)23(4,5)16(2)3;3*1-2;/h9-13,16,18-19H,8,14-15H2,1-7H3,(H,24,26,28);3*1H2;. The number of allylic oxidation sites excluding steroid dienone is 2. The van der Waals surface area contributed by atoms with Crippen LogP contribution >= 0.6 is 0 Å². The van der Waals surface area contributed by atoms with Crippen LogP contribution in [-0.4, -0.2) is 57.4 Å². The molecular weight excluding hydrogens is 552 g/mol. The van der Waals surface area contributed by atoms with E-state index in [1.165, 1.54) is 22.9 Å². The van der Waals surface area contributed by atoms with Crippen molar-refractivity contribution in [2.75, 3.05) is 13.2 Å². The third kappa shape index (κ3) is 11.4. The quantitative estimate of drug-likeness (QED) is 0.261. The molecule has 1 N–H and O–H groups in total. The first-order valence-electron chi connectivity index (χ1n) is 11.8. The number of hydrogen-bond donors (Lipinski definition) is 1. The molecule has 2 atom stereocenters. The fourth-order valence-corrected chi connectivity index (χ4v) is 6.02. The Bertz CT molecular complexity index is 1010. The molecule has 1 aliphatic carbocycles. The molecule has 2 rings (SSSR count). The van der Waals surface area contributed by atoms with Crippen molar-refractivity contribution in [3.8, 4) is 0 Å². The zero-order valence-corrected chi connectivity index (χ0v) is 25.5. The van der Waals surface area contributed by atoms with Crippen LogP contribution < -0.4 is 11.2 Å². The topological polar surface area (TPSA) is 142 Å². The molecule has 0 aliphatic heterocycles. The molecule has 1 aliphatic rings. The van der Waals surface area contributed by atoms with E-state index in [4.69, 9.17) is 23.5 Å². The van der Waals surface area contributed by atoms with Gasteiger partial charge in [0.15, 0.2) is 8.32 Å². The van der Waals surface area contributed by atoms with E-state index in [1.807, 2.05) is 26.4 Å².